The summed E-state index contributed by atoms with van der Waals surface area (Å²) < 4.78 is 14.8. The Hall–Kier alpha value is -3.72. The molecule has 0 radical (unpaired) electrons. The first kappa shape index (κ1) is 18.1. The van der Waals surface area contributed by atoms with Gasteiger partial charge in [0.1, 0.15) is 17.5 Å². The summed E-state index contributed by atoms with van der Waals surface area (Å²) in [6.07, 6.45) is 1.52. The van der Waals surface area contributed by atoms with Gasteiger partial charge in [0.15, 0.2) is 0 Å². The smallest absolute Gasteiger partial charge is 0.266 e. The highest BCUT2D eigenvalue weighted by Gasteiger charge is 2.15. The van der Waals surface area contributed by atoms with E-state index in [1.807, 2.05) is 50.2 Å². The van der Waals surface area contributed by atoms with Crippen molar-refractivity contribution < 1.29 is 9.18 Å². The quantitative estimate of drug-likeness (QED) is 0.561. The molecule has 0 fully saturated rings. The van der Waals surface area contributed by atoms with E-state index in [1.165, 1.54) is 30.3 Å². The summed E-state index contributed by atoms with van der Waals surface area (Å²) in [5, 5.41) is 16.5. The van der Waals surface area contributed by atoms with Crippen LogP contribution in [-0.2, 0) is 4.79 Å². The summed E-state index contributed by atoms with van der Waals surface area (Å²) in [4.78, 5) is 12.4. The van der Waals surface area contributed by atoms with Gasteiger partial charge in [0.05, 0.1) is 11.4 Å². The molecule has 1 aromatic heterocycles. The minimum absolute atomic E-state index is 0.0573. The molecule has 0 aliphatic carbocycles. The number of rotatable bonds is 4. The van der Waals surface area contributed by atoms with E-state index < -0.39 is 11.7 Å². The van der Waals surface area contributed by atoms with Crippen molar-refractivity contribution in [1.82, 2.24) is 9.78 Å². The summed E-state index contributed by atoms with van der Waals surface area (Å²) in [7, 11) is 0. The first-order chi connectivity index (χ1) is 13.0. The molecule has 0 aliphatic rings. The summed E-state index contributed by atoms with van der Waals surface area (Å²) in [6, 6.07) is 16.9. The zero-order valence-corrected chi connectivity index (χ0v) is 14.9. The van der Waals surface area contributed by atoms with Crippen LogP contribution in [0.2, 0.25) is 0 Å². The first-order valence-electron chi connectivity index (χ1n) is 8.30. The standard InChI is InChI=1S/C21H17FN4O/c1-14-20(15(2)26(25-14)19-6-4-3-5-7-19)12-16(13-23)21(27)24-18-10-8-17(22)9-11-18/h3-12H,1-2H3,(H,24,27)/b16-12+. The molecule has 2 aromatic carbocycles. The molecule has 0 aliphatic heterocycles. The Bertz CT molecular complexity index is 1040. The van der Waals surface area contributed by atoms with Gasteiger partial charge in [0, 0.05) is 16.9 Å². The van der Waals surface area contributed by atoms with Gasteiger partial charge in [-0.15, -0.1) is 0 Å². The molecule has 0 atom stereocenters. The highest BCUT2D eigenvalue weighted by molar-refractivity contribution is 6.09. The zero-order valence-electron chi connectivity index (χ0n) is 14.9. The highest BCUT2D eigenvalue weighted by atomic mass is 19.1. The molecule has 134 valence electrons. The van der Waals surface area contributed by atoms with Crippen molar-refractivity contribution in [2.24, 2.45) is 0 Å². The molecule has 27 heavy (non-hydrogen) atoms. The molecule has 5 nitrogen and oxygen atoms in total. The van der Waals surface area contributed by atoms with Gasteiger partial charge >= 0.3 is 0 Å². The normalized spacial score (nSPS) is 11.1. The zero-order chi connectivity index (χ0) is 19.4. The van der Waals surface area contributed by atoms with Crippen LogP contribution >= 0.6 is 0 Å². The van der Waals surface area contributed by atoms with Crippen molar-refractivity contribution in [1.29, 1.82) is 5.26 Å². The molecule has 6 heteroatoms. The van der Waals surface area contributed by atoms with Crippen molar-refractivity contribution in [3.05, 3.63) is 82.9 Å². The maximum absolute atomic E-state index is 13.0. The number of hydrogen-bond donors (Lipinski definition) is 1. The van der Waals surface area contributed by atoms with Gasteiger partial charge in [-0.2, -0.15) is 10.4 Å². The third-order valence-electron chi connectivity index (χ3n) is 4.10. The minimum atomic E-state index is -0.560. The van der Waals surface area contributed by atoms with Crippen molar-refractivity contribution >= 4 is 17.7 Å². The molecule has 0 unspecified atom stereocenters. The number of nitrogens with one attached hydrogen (secondary N) is 1. The van der Waals surface area contributed by atoms with E-state index in [0.29, 0.717) is 16.9 Å². The third kappa shape index (κ3) is 3.93. The second-order valence-corrected chi connectivity index (χ2v) is 5.96. The summed E-state index contributed by atoms with van der Waals surface area (Å²) in [5.41, 5.74) is 3.49. The predicted molar refractivity (Wildman–Crippen MR) is 102 cm³/mol. The monoisotopic (exact) mass is 360 g/mol. The van der Waals surface area contributed by atoms with E-state index >= 15 is 0 Å². The Morgan fingerprint density at radius 3 is 2.44 bits per heavy atom. The molecule has 1 heterocycles. The lowest BCUT2D eigenvalue weighted by molar-refractivity contribution is -0.112. The number of hydrogen-bond acceptors (Lipinski definition) is 3. The Labute approximate surface area is 156 Å². The number of halogens is 1. The SMILES string of the molecule is Cc1nn(-c2ccccc2)c(C)c1/C=C(\C#N)C(=O)Nc1ccc(F)cc1. The summed E-state index contributed by atoms with van der Waals surface area (Å²) in [6.45, 7) is 3.71. The molecule has 0 spiro atoms. The molecule has 0 bridgehead atoms. The van der Waals surface area contributed by atoms with Crippen LogP contribution < -0.4 is 5.32 Å². The van der Waals surface area contributed by atoms with Crippen molar-refractivity contribution in [2.75, 3.05) is 5.32 Å². The largest absolute Gasteiger partial charge is 0.321 e. The van der Waals surface area contributed by atoms with Gasteiger partial charge in [0.2, 0.25) is 0 Å². The van der Waals surface area contributed by atoms with Crippen molar-refractivity contribution in [3.8, 4) is 11.8 Å². The molecule has 3 aromatic rings. The topological polar surface area (TPSA) is 70.7 Å². The van der Waals surface area contributed by atoms with E-state index in [1.54, 1.807) is 4.68 Å². The fourth-order valence-electron chi connectivity index (χ4n) is 2.71. The number of nitrogens with zero attached hydrogens (tertiary/aromatic N) is 3. The Morgan fingerprint density at radius 1 is 1.15 bits per heavy atom. The van der Waals surface area contributed by atoms with Crippen LogP contribution in [0.15, 0.2) is 60.2 Å². The Balaban J connectivity index is 1.92. The first-order valence-corrected chi connectivity index (χ1v) is 8.30. The Morgan fingerprint density at radius 2 is 1.81 bits per heavy atom. The van der Waals surface area contributed by atoms with Crippen LogP contribution in [-0.4, -0.2) is 15.7 Å². The van der Waals surface area contributed by atoms with Gasteiger partial charge in [-0.05, 0) is 56.3 Å². The highest BCUT2D eigenvalue weighted by Crippen LogP contribution is 2.21. The molecule has 1 amide bonds. The number of carbonyl (C=O) groups is 1. The average Bonchev–Trinajstić information content (AvgIpc) is 2.96. The van der Waals surface area contributed by atoms with Crippen LogP contribution in [0.25, 0.3) is 11.8 Å². The molecular weight excluding hydrogens is 343 g/mol. The fourth-order valence-corrected chi connectivity index (χ4v) is 2.71. The predicted octanol–water partition coefficient (Wildman–Crippen LogP) is 4.17. The summed E-state index contributed by atoms with van der Waals surface area (Å²) in [5.74, 6) is -0.959. The Kier molecular flexibility index (Phi) is 5.13. The molecular formula is C21H17FN4O. The second-order valence-electron chi connectivity index (χ2n) is 5.96. The minimum Gasteiger partial charge on any atom is -0.321 e. The fraction of sp³-hybridized carbons (Fsp3) is 0.0952. The van der Waals surface area contributed by atoms with Crippen LogP contribution in [0.3, 0.4) is 0 Å². The van der Waals surface area contributed by atoms with E-state index in [4.69, 9.17) is 0 Å². The van der Waals surface area contributed by atoms with Crippen LogP contribution in [0.5, 0.6) is 0 Å². The summed E-state index contributed by atoms with van der Waals surface area (Å²) >= 11 is 0. The number of para-hydroxylation sites is 1. The van der Waals surface area contributed by atoms with Gasteiger partial charge < -0.3 is 5.32 Å². The number of aromatic nitrogens is 2. The van der Waals surface area contributed by atoms with Gasteiger partial charge in [-0.3, -0.25) is 4.79 Å². The lowest BCUT2D eigenvalue weighted by Crippen LogP contribution is -2.13. The van der Waals surface area contributed by atoms with Crippen LogP contribution in [0, 0.1) is 31.0 Å². The molecule has 3 rings (SSSR count). The van der Waals surface area contributed by atoms with E-state index in [-0.39, 0.29) is 5.57 Å². The number of anilines is 1. The third-order valence-corrected chi connectivity index (χ3v) is 4.10. The number of amides is 1. The number of nitriles is 1. The van der Waals surface area contributed by atoms with Crippen molar-refractivity contribution in [2.45, 2.75) is 13.8 Å². The number of aryl methyl sites for hydroxylation is 1. The molecule has 0 saturated carbocycles. The van der Waals surface area contributed by atoms with Crippen molar-refractivity contribution in [3.63, 3.8) is 0 Å². The lowest BCUT2D eigenvalue weighted by Gasteiger charge is -2.05. The molecule has 0 saturated heterocycles. The van der Waals surface area contributed by atoms with E-state index in [0.717, 1.165) is 11.4 Å². The van der Waals surface area contributed by atoms with Gasteiger partial charge in [-0.25, -0.2) is 9.07 Å². The van der Waals surface area contributed by atoms with Crippen LogP contribution in [0.4, 0.5) is 10.1 Å². The van der Waals surface area contributed by atoms with E-state index in [9.17, 15) is 14.4 Å². The lowest BCUT2D eigenvalue weighted by atomic mass is 10.1. The maximum atomic E-state index is 13.0. The average molecular weight is 360 g/mol. The van der Waals surface area contributed by atoms with Gasteiger partial charge in [0.25, 0.3) is 5.91 Å². The number of benzene rings is 2. The number of carbonyl (C=O) groups excluding carboxylic acids is 1. The maximum Gasteiger partial charge on any atom is 0.266 e. The molecule has 1 N–H and O–H groups in total. The second kappa shape index (κ2) is 7.67. The van der Waals surface area contributed by atoms with Crippen LogP contribution in [0.1, 0.15) is 17.0 Å². The van der Waals surface area contributed by atoms with E-state index in [2.05, 4.69) is 10.4 Å². The van der Waals surface area contributed by atoms with Gasteiger partial charge in [-0.1, -0.05) is 18.2 Å².